The van der Waals surface area contributed by atoms with Crippen LogP contribution in [0, 0.1) is 6.92 Å². The van der Waals surface area contributed by atoms with Crippen LogP contribution >= 0.6 is 11.8 Å². The van der Waals surface area contributed by atoms with Crippen LogP contribution in [0.1, 0.15) is 34.2 Å². The number of nitrogens with one attached hydrogen (secondary N) is 1. The van der Waals surface area contributed by atoms with E-state index in [4.69, 9.17) is 0 Å². The number of H-pyrrole nitrogens is 1. The number of carbonyl (C=O) groups is 1. The molecule has 0 saturated carbocycles. The van der Waals surface area contributed by atoms with Crippen molar-refractivity contribution in [2.24, 2.45) is 7.05 Å². The first-order valence-electron chi connectivity index (χ1n) is 8.69. The van der Waals surface area contributed by atoms with E-state index >= 15 is 0 Å². The molecule has 1 aliphatic heterocycles. The van der Waals surface area contributed by atoms with Crippen LogP contribution in [0.25, 0.3) is 10.9 Å². The van der Waals surface area contributed by atoms with Gasteiger partial charge in [-0.2, -0.15) is 0 Å². The monoisotopic (exact) mass is 404 g/mol. The van der Waals surface area contributed by atoms with Crippen molar-refractivity contribution in [3.8, 4) is 0 Å². The van der Waals surface area contributed by atoms with Gasteiger partial charge in [0.1, 0.15) is 5.82 Å². The second-order valence-electron chi connectivity index (χ2n) is 6.88. The van der Waals surface area contributed by atoms with Crippen molar-refractivity contribution in [2.75, 3.05) is 17.3 Å². The van der Waals surface area contributed by atoms with Gasteiger partial charge in [0.2, 0.25) is 0 Å². The van der Waals surface area contributed by atoms with Crippen molar-refractivity contribution >= 4 is 38.3 Å². The van der Waals surface area contributed by atoms with Gasteiger partial charge < -0.3 is 9.55 Å². The van der Waals surface area contributed by atoms with Crippen LogP contribution in [0.4, 0.5) is 0 Å². The second-order valence-corrected chi connectivity index (χ2v) is 10.1. The number of benzene rings is 1. The number of nitrogens with zero attached hydrogens (tertiary/aromatic N) is 3. The maximum Gasteiger partial charge on any atom is 0.191 e. The van der Waals surface area contributed by atoms with Crippen LogP contribution in [-0.4, -0.2) is 51.2 Å². The first-order valence-corrected chi connectivity index (χ1v) is 11.5. The lowest BCUT2D eigenvalue weighted by Crippen LogP contribution is -2.09. The lowest BCUT2D eigenvalue weighted by molar-refractivity contribution is 0.102. The van der Waals surface area contributed by atoms with E-state index in [1.54, 1.807) is 0 Å². The molecule has 1 fully saturated rings. The third-order valence-corrected chi connectivity index (χ3v) is 7.76. The molecule has 7 nitrogen and oxygen atoms in total. The number of aromatic amines is 1. The summed E-state index contributed by atoms with van der Waals surface area (Å²) >= 11 is 1.33. The van der Waals surface area contributed by atoms with Gasteiger partial charge in [-0.05, 0) is 19.4 Å². The summed E-state index contributed by atoms with van der Waals surface area (Å²) in [5, 5.41) is 9.90. The Morgan fingerprint density at radius 3 is 2.85 bits per heavy atom. The Morgan fingerprint density at radius 1 is 1.33 bits per heavy atom. The van der Waals surface area contributed by atoms with E-state index in [1.807, 2.05) is 42.8 Å². The molecule has 0 radical (unpaired) electrons. The predicted molar refractivity (Wildman–Crippen MR) is 105 cm³/mol. The highest BCUT2D eigenvalue weighted by Crippen LogP contribution is 2.30. The van der Waals surface area contributed by atoms with Crippen LogP contribution in [0.2, 0.25) is 0 Å². The highest BCUT2D eigenvalue weighted by molar-refractivity contribution is 7.99. The third-order valence-electron chi connectivity index (χ3n) is 4.97. The molecule has 27 heavy (non-hydrogen) atoms. The van der Waals surface area contributed by atoms with Gasteiger partial charge in [-0.3, -0.25) is 4.79 Å². The molecule has 0 aliphatic carbocycles. The van der Waals surface area contributed by atoms with E-state index < -0.39 is 9.84 Å². The van der Waals surface area contributed by atoms with Crippen molar-refractivity contribution < 1.29 is 13.2 Å². The van der Waals surface area contributed by atoms with Gasteiger partial charge in [-0.1, -0.05) is 30.0 Å². The van der Waals surface area contributed by atoms with Gasteiger partial charge in [0.15, 0.2) is 20.8 Å². The number of hydrogen-bond acceptors (Lipinski definition) is 6. The van der Waals surface area contributed by atoms with Crippen molar-refractivity contribution in [1.29, 1.82) is 0 Å². The summed E-state index contributed by atoms with van der Waals surface area (Å²) in [6.45, 7) is 1.90. The number of rotatable bonds is 5. The van der Waals surface area contributed by atoms with Gasteiger partial charge >= 0.3 is 0 Å². The molecule has 1 saturated heterocycles. The first kappa shape index (κ1) is 18.2. The zero-order valence-corrected chi connectivity index (χ0v) is 16.7. The summed E-state index contributed by atoms with van der Waals surface area (Å²) in [6, 6.07) is 7.75. The number of aromatic nitrogens is 4. The zero-order chi connectivity index (χ0) is 19.2. The summed E-state index contributed by atoms with van der Waals surface area (Å²) in [7, 11) is -1.15. The lowest BCUT2D eigenvalue weighted by atomic mass is 10.1. The summed E-state index contributed by atoms with van der Waals surface area (Å²) < 4.78 is 25.2. The smallest absolute Gasteiger partial charge is 0.191 e. The highest BCUT2D eigenvalue weighted by atomic mass is 32.2. The fraction of sp³-hybridized carbons (Fsp3) is 0.389. The van der Waals surface area contributed by atoms with E-state index in [1.165, 1.54) is 11.8 Å². The van der Waals surface area contributed by atoms with Crippen LogP contribution in [0.3, 0.4) is 0 Å². The Labute approximate surface area is 161 Å². The molecule has 4 rings (SSSR count). The molecule has 142 valence electrons. The topological polar surface area (TPSA) is 97.7 Å². The molecule has 0 spiro atoms. The first-order chi connectivity index (χ1) is 12.9. The van der Waals surface area contributed by atoms with Crippen molar-refractivity contribution in [3.05, 3.63) is 41.3 Å². The van der Waals surface area contributed by atoms with Gasteiger partial charge in [0.25, 0.3) is 0 Å². The molecule has 2 aromatic heterocycles. The number of aryl methyl sites for hydroxylation is 1. The number of hydrogen-bond donors (Lipinski definition) is 1. The SMILES string of the molecule is Cc1[nH]c2ccccc2c1C(=O)CSc1nnc(C2CCS(=O)(=O)C2)n1C. The number of ketones is 1. The maximum absolute atomic E-state index is 12.8. The summed E-state index contributed by atoms with van der Waals surface area (Å²) in [6.07, 6.45) is 0.576. The summed E-state index contributed by atoms with van der Waals surface area (Å²) in [5.41, 5.74) is 2.52. The molecule has 1 aromatic carbocycles. The predicted octanol–water partition coefficient (Wildman–Crippen LogP) is 2.48. The molecule has 9 heteroatoms. The quantitative estimate of drug-likeness (QED) is 0.518. The molecule has 0 amide bonds. The molecule has 1 N–H and O–H groups in total. The molecule has 1 unspecified atom stereocenters. The zero-order valence-electron chi connectivity index (χ0n) is 15.1. The van der Waals surface area contributed by atoms with Crippen LogP contribution in [0.15, 0.2) is 29.4 Å². The highest BCUT2D eigenvalue weighted by Gasteiger charge is 2.32. The molecule has 3 aromatic rings. The molecular weight excluding hydrogens is 384 g/mol. The van der Waals surface area contributed by atoms with Crippen molar-refractivity contribution in [2.45, 2.75) is 24.4 Å². The Morgan fingerprint density at radius 2 is 2.11 bits per heavy atom. The summed E-state index contributed by atoms with van der Waals surface area (Å²) in [5.74, 6) is 1.16. The third kappa shape index (κ3) is 3.41. The Balaban J connectivity index is 1.51. The average molecular weight is 405 g/mol. The summed E-state index contributed by atoms with van der Waals surface area (Å²) in [4.78, 5) is 16.0. The maximum atomic E-state index is 12.8. The van der Waals surface area contributed by atoms with Crippen LogP contribution in [0.5, 0.6) is 0 Å². The largest absolute Gasteiger partial charge is 0.358 e. The molecular formula is C18H20N4O3S2. The minimum absolute atomic E-state index is 0.0305. The van der Waals surface area contributed by atoms with E-state index in [9.17, 15) is 13.2 Å². The molecule has 1 aliphatic rings. The lowest BCUT2D eigenvalue weighted by Gasteiger charge is -2.07. The molecule has 1 atom stereocenters. The molecule has 0 bridgehead atoms. The fourth-order valence-corrected chi connectivity index (χ4v) is 6.17. The van der Waals surface area contributed by atoms with E-state index in [2.05, 4.69) is 15.2 Å². The van der Waals surface area contributed by atoms with E-state index in [-0.39, 0.29) is 29.0 Å². The Kier molecular flexibility index (Phi) is 4.59. The fourth-order valence-electron chi connectivity index (χ4n) is 3.64. The van der Waals surface area contributed by atoms with Crippen molar-refractivity contribution in [3.63, 3.8) is 0 Å². The number of Topliss-reactive ketones (excluding diaryl/α,β-unsaturated/α-hetero) is 1. The normalized spacial score (nSPS) is 19.0. The van der Waals surface area contributed by atoms with E-state index in [0.717, 1.165) is 16.6 Å². The van der Waals surface area contributed by atoms with Crippen molar-refractivity contribution in [1.82, 2.24) is 19.7 Å². The number of thioether (sulfide) groups is 1. The van der Waals surface area contributed by atoms with Gasteiger partial charge in [-0.15, -0.1) is 10.2 Å². The second kappa shape index (κ2) is 6.79. The minimum atomic E-state index is -2.98. The number of para-hydroxylation sites is 1. The average Bonchev–Trinajstić information content (AvgIpc) is 3.27. The van der Waals surface area contributed by atoms with E-state index in [0.29, 0.717) is 23.0 Å². The van der Waals surface area contributed by atoms with Crippen LogP contribution in [-0.2, 0) is 16.9 Å². The number of carbonyl (C=O) groups excluding carboxylic acids is 1. The molecule has 3 heterocycles. The Hall–Kier alpha value is -2.13. The van der Waals surface area contributed by atoms with Crippen LogP contribution < -0.4 is 0 Å². The minimum Gasteiger partial charge on any atom is -0.358 e. The van der Waals surface area contributed by atoms with Gasteiger partial charge in [0, 0.05) is 35.1 Å². The van der Waals surface area contributed by atoms with Gasteiger partial charge in [-0.25, -0.2) is 8.42 Å². The Bertz CT molecular complexity index is 1130. The number of fused-ring (bicyclic) bond motifs is 1. The standard InChI is InChI=1S/C18H20N4O3S2/c1-11-16(13-5-3-4-6-14(13)19-11)15(23)9-26-18-21-20-17(22(18)2)12-7-8-27(24,25)10-12/h3-6,12,19H,7-10H2,1-2H3. The van der Waals surface area contributed by atoms with Gasteiger partial charge in [0.05, 0.1) is 17.3 Å². The number of sulfone groups is 1.